The number of rotatable bonds is 7. The second kappa shape index (κ2) is 13.7. The molecule has 2 saturated heterocycles. The molecule has 4 atom stereocenters. The molecule has 0 spiro atoms. The number of carbonyl (C=O) groups excluding carboxylic acids is 2. The van der Waals surface area contributed by atoms with Gasteiger partial charge >= 0.3 is 12.1 Å². The van der Waals surface area contributed by atoms with Crippen molar-refractivity contribution in [3.63, 3.8) is 0 Å². The molecule has 2 N–H and O–H groups in total. The molecular weight excluding hydrogens is 749 g/mol. The number of carbonyl (C=O) groups is 3. The van der Waals surface area contributed by atoms with Gasteiger partial charge in [0.15, 0.2) is 11.5 Å². The van der Waals surface area contributed by atoms with E-state index in [1.165, 1.54) is 12.3 Å². The minimum absolute atomic E-state index is 0.0186. The van der Waals surface area contributed by atoms with Crippen LogP contribution in [0.2, 0.25) is 0 Å². The summed E-state index contributed by atoms with van der Waals surface area (Å²) in [4.78, 5) is 51.4. The average Bonchev–Trinajstić information content (AvgIpc) is 3.63. The fourth-order valence-electron chi connectivity index (χ4n) is 10.2. The van der Waals surface area contributed by atoms with E-state index in [1.807, 2.05) is 6.92 Å². The van der Waals surface area contributed by atoms with Gasteiger partial charge in [-0.05, 0) is 81.3 Å². The third-order valence-corrected chi connectivity index (χ3v) is 12.9. The lowest BCUT2D eigenvalue weighted by atomic mass is 9.78. The number of piperidine rings is 1. The second-order valence-electron chi connectivity index (χ2n) is 16.8. The molecule has 5 fully saturated rings. The molecule has 10 nitrogen and oxygen atoms in total. The normalized spacial score (nSPS) is 28.3. The zero-order valence-corrected chi connectivity index (χ0v) is 30.7. The van der Waals surface area contributed by atoms with Gasteiger partial charge in [0.05, 0.1) is 18.7 Å². The van der Waals surface area contributed by atoms with Gasteiger partial charge < -0.3 is 19.9 Å². The molecule has 2 aromatic heterocycles. The minimum Gasteiger partial charge on any atom is -0.479 e. The molecule has 3 aliphatic carbocycles. The van der Waals surface area contributed by atoms with Gasteiger partial charge in [-0.15, -0.1) is 0 Å². The monoisotopic (exact) mass is 792 g/mol. The Morgan fingerprint density at radius 1 is 0.929 bits per heavy atom. The van der Waals surface area contributed by atoms with Crippen molar-refractivity contribution in [2.24, 2.45) is 17.8 Å². The van der Waals surface area contributed by atoms with Gasteiger partial charge in [0.25, 0.3) is 17.7 Å². The number of likely N-dealkylation sites (tertiary alicyclic amines) is 2. The van der Waals surface area contributed by atoms with E-state index in [0.717, 1.165) is 12.6 Å². The maximum atomic E-state index is 14.7. The van der Waals surface area contributed by atoms with Gasteiger partial charge in [0.1, 0.15) is 5.54 Å². The van der Waals surface area contributed by atoms with Gasteiger partial charge in [-0.2, -0.15) is 13.2 Å². The Bertz CT molecular complexity index is 2050. The summed E-state index contributed by atoms with van der Waals surface area (Å²) in [5.74, 6) is -9.03. The molecule has 17 heteroatoms. The molecule has 5 aliphatic rings. The van der Waals surface area contributed by atoms with Gasteiger partial charge in [-0.1, -0.05) is 13.0 Å². The average molecular weight is 793 g/mol. The Labute approximate surface area is 317 Å². The van der Waals surface area contributed by atoms with Crippen molar-refractivity contribution in [2.45, 2.75) is 107 Å². The van der Waals surface area contributed by atoms with Crippen LogP contribution in [0.15, 0.2) is 30.6 Å². The first kappa shape index (κ1) is 38.6. The zero-order valence-electron chi connectivity index (χ0n) is 30.7. The number of nitrogens with zero attached hydrogens (tertiary/aromatic N) is 5. The highest BCUT2D eigenvalue weighted by Crippen LogP contribution is 2.51. The van der Waals surface area contributed by atoms with Crippen LogP contribution in [0, 0.1) is 17.8 Å². The van der Waals surface area contributed by atoms with Gasteiger partial charge in [-0.25, -0.2) is 32.3 Å². The van der Waals surface area contributed by atoms with Crippen molar-refractivity contribution < 1.29 is 50.2 Å². The van der Waals surface area contributed by atoms with E-state index in [1.54, 1.807) is 26.5 Å². The summed E-state index contributed by atoms with van der Waals surface area (Å²) < 4.78 is 101. The summed E-state index contributed by atoms with van der Waals surface area (Å²) in [6.07, 6.45) is -0.593. The van der Waals surface area contributed by atoms with Crippen molar-refractivity contribution >= 4 is 28.7 Å². The predicted molar refractivity (Wildman–Crippen MR) is 188 cm³/mol. The van der Waals surface area contributed by atoms with E-state index in [2.05, 4.69) is 15.3 Å². The van der Waals surface area contributed by atoms with Crippen molar-refractivity contribution in [3.05, 3.63) is 47.4 Å². The minimum atomic E-state index is -5.14. The highest BCUT2D eigenvalue weighted by Gasteiger charge is 2.57. The van der Waals surface area contributed by atoms with Crippen LogP contribution in [0.5, 0.6) is 0 Å². The van der Waals surface area contributed by atoms with E-state index in [0.29, 0.717) is 49.7 Å². The summed E-state index contributed by atoms with van der Waals surface area (Å²) in [7, 11) is 0. The van der Waals surface area contributed by atoms with Crippen molar-refractivity contribution in [3.8, 4) is 11.4 Å². The lowest BCUT2D eigenvalue weighted by Gasteiger charge is -2.46. The second-order valence-corrected chi connectivity index (χ2v) is 16.8. The summed E-state index contributed by atoms with van der Waals surface area (Å²) in [6, 6.07) is 4.11. The summed E-state index contributed by atoms with van der Waals surface area (Å²) in [5.41, 5.74) is -3.40. The van der Waals surface area contributed by atoms with Crippen LogP contribution < -0.4 is 5.32 Å². The topological polar surface area (TPSA) is 121 Å². The number of halogens is 7. The first-order valence-electron chi connectivity index (χ1n) is 19.3. The van der Waals surface area contributed by atoms with Crippen LogP contribution in [0.3, 0.4) is 0 Å². The molecule has 3 aromatic rings. The zero-order chi connectivity index (χ0) is 39.9. The van der Waals surface area contributed by atoms with E-state index in [4.69, 9.17) is 0 Å². The van der Waals surface area contributed by atoms with Crippen LogP contribution in [-0.4, -0.2) is 96.8 Å². The van der Waals surface area contributed by atoms with E-state index in [-0.39, 0.29) is 67.3 Å². The van der Waals surface area contributed by atoms with Crippen LogP contribution in [0.25, 0.3) is 22.3 Å². The SMILES string of the molecule is CC1CC2CC(C1)C(NC(=O)c1cnc(-c3cn(C4CCC(F)(F)CC4)c4cc(C(=O)N5CCC(N6CC(F)(F)C6)CC5)ccc34)nc1C(F)(F)F)(C(=O)O)C2. The van der Waals surface area contributed by atoms with E-state index in [9.17, 15) is 50.2 Å². The van der Waals surface area contributed by atoms with Crippen LogP contribution in [0.1, 0.15) is 104 Å². The van der Waals surface area contributed by atoms with E-state index < -0.39 is 77.3 Å². The smallest absolute Gasteiger partial charge is 0.434 e. The summed E-state index contributed by atoms with van der Waals surface area (Å²) in [5, 5.41) is 13.1. The van der Waals surface area contributed by atoms with Crippen LogP contribution >= 0.6 is 0 Å². The van der Waals surface area contributed by atoms with E-state index >= 15 is 0 Å². The molecule has 0 radical (unpaired) electrons. The number of hydrogen-bond donors (Lipinski definition) is 2. The number of amides is 2. The molecule has 56 heavy (non-hydrogen) atoms. The van der Waals surface area contributed by atoms with Gasteiger partial charge in [0, 0.05) is 72.4 Å². The molecule has 2 amide bonds. The Morgan fingerprint density at radius 2 is 1.62 bits per heavy atom. The molecule has 3 saturated carbocycles. The van der Waals surface area contributed by atoms with Crippen LogP contribution in [-0.2, 0) is 11.0 Å². The number of benzene rings is 1. The molecular formula is C39H43F7N6O4. The summed E-state index contributed by atoms with van der Waals surface area (Å²) in [6.45, 7) is 2.07. The fourth-order valence-corrected chi connectivity index (χ4v) is 10.2. The standard InChI is InChI=1S/C39H43F7N6O4/c1-21-12-22-14-24(13-21)38(16-22,35(55)56)49-33(53)28-17-47-32(48-31(28)39(44,45)46)29-18-52(26-4-8-36(40,41)9-5-26)30-15-23(2-3-27(29)30)34(54)50-10-6-25(7-11-50)51-19-37(42,43)20-51/h2-3,15,17-18,21-22,24-26H,4-14,16,19-20H2,1H3,(H,49,53)(H,55,56). The highest BCUT2D eigenvalue weighted by molar-refractivity contribution is 6.02. The number of fused-ring (bicyclic) bond motifs is 3. The Kier molecular flexibility index (Phi) is 9.43. The van der Waals surface area contributed by atoms with Crippen molar-refractivity contribution in [1.82, 2.24) is 29.7 Å². The Balaban J connectivity index is 1.11. The molecule has 8 rings (SSSR count). The number of aliphatic carboxylic acids is 1. The maximum Gasteiger partial charge on any atom is 0.434 e. The molecule has 1 aromatic carbocycles. The number of carboxylic acid groups (broad SMARTS) is 1. The van der Waals surface area contributed by atoms with Crippen molar-refractivity contribution in [2.75, 3.05) is 26.2 Å². The molecule has 2 bridgehead atoms. The Hall–Kier alpha value is -4.28. The number of aromatic nitrogens is 3. The first-order valence-corrected chi connectivity index (χ1v) is 19.3. The highest BCUT2D eigenvalue weighted by atomic mass is 19.4. The molecule has 4 unspecified atom stereocenters. The molecule has 4 heterocycles. The largest absolute Gasteiger partial charge is 0.479 e. The predicted octanol–water partition coefficient (Wildman–Crippen LogP) is 7.43. The number of hydrogen-bond acceptors (Lipinski definition) is 6. The Morgan fingerprint density at radius 3 is 2.27 bits per heavy atom. The molecule has 2 aliphatic heterocycles. The van der Waals surface area contributed by atoms with Crippen LogP contribution in [0.4, 0.5) is 30.7 Å². The third-order valence-electron chi connectivity index (χ3n) is 12.9. The van der Waals surface area contributed by atoms with Crippen molar-refractivity contribution in [1.29, 1.82) is 0 Å². The first-order chi connectivity index (χ1) is 26.3. The maximum absolute atomic E-state index is 14.7. The third kappa shape index (κ3) is 7.01. The van der Waals surface area contributed by atoms with Gasteiger partial charge in [0.2, 0.25) is 5.92 Å². The number of nitrogens with one attached hydrogen (secondary N) is 1. The quantitative estimate of drug-likeness (QED) is 0.239. The lowest BCUT2D eigenvalue weighted by Crippen LogP contribution is -2.61. The number of alkyl halides is 7. The lowest BCUT2D eigenvalue weighted by molar-refractivity contribution is -0.150. The molecule has 302 valence electrons. The summed E-state index contributed by atoms with van der Waals surface area (Å²) >= 11 is 0. The number of carboxylic acids is 1. The fraction of sp³-hybridized carbons (Fsp3) is 0.615. The van der Waals surface area contributed by atoms with Gasteiger partial charge in [-0.3, -0.25) is 14.5 Å².